The highest BCUT2D eigenvalue weighted by molar-refractivity contribution is 7.36. The summed E-state index contributed by atoms with van der Waals surface area (Å²) in [6.07, 6.45) is 2.73. The summed E-state index contributed by atoms with van der Waals surface area (Å²) in [4.78, 5) is 20.4. The van der Waals surface area contributed by atoms with Crippen molar-refractivity contribution in [1.29, 1.82) is 0 Å². The molecule has 2 aromatic heterocycles. The van der Waals surface area contributed by atoms with Crippen LogP contribution in [0.25, 0.3) is 10.2 Å². The quantitative estimate of drug-likeness (QED) is 0.350. The van der Waals surface area contributed by atoms with E-state index in [0.29, 0.717) is 10.7 Å². The third-order valence-corrected chi connectivity index (χ3v) is 6.62. The first-order valence-electron chi connectivity index (χ1n) is 9.38. The SMILES string of the molecule is Cc1nc2c(Cl)ncc(C3CCC(CO[P+](=O)N[C@H](C)C(=O)OC(C)C)O3)c2s1. The highest BCUT2D eigenvalue weighted by Gasteiger charge is 2.33. The van der Waals surface area contributed by atoms with Crippen LogP contribution >= 0.6 is 31.1 Å². The number of aryl methyl sites for hydroxylation is 1. The van der Waals surface area contributed by atoms with E-state index in [1.54, 1.807) is 38.3 Å². The summed E-state index contributed by atoms with van der Waals surface area (Å²) in [5, 5.41) is 3.92. The average molecular weight is 461 g/mol. The van der Waals surface area contributed by atoms with Gasteiger partial charge < -0.3 is 9.47 Å². The average Bonchev–Trinajstić information content (AvgIpc) is 3.26. The maximum atomic E-state index is 12.1. The van der Waals surface area contributed by atoms with Crippen molar-refractivity contribution >= 4 is 47.3 Å². The van der Waals surface area contributed by atoms with Gasteiger partial charge in [0.1, 0.15) is 18.2 Å². The van der Waals surface area contributed by atoms with E-state index in [-0.39, 0.29) is 24.9 Å². The van der Waals surface area contributed by atoms with Gasteiger partial charge in [-0.1, -0.05) is 16.7 Å². The van der Waals surface area contributed by atoms with Crippen LogP contribution in [-0.2, 0) is 23.4 Å². The van der Waals surface area contributed by atoms with Gasteiger partial charge in [0.05, 0.1) is 28.0 Å². The molecule has 11 heteroatoms. The Hall–Kier alpha value is -1.22. The molecule has 1 N–H and O–H groups in total. The second-order valence-electron chi connectivity index (χ2n) is 7.13. The molecule has 3 heterocycles. The smallest absolute Gasteiger partial charge is 0.462 e. The normalized spacial score (nSPS) is 21.0. The lowest BCUT2D eigenvalue weighted by atomic mass is 10.1. The van der Waals surface area contributed by atoms with Crippen LogP contribution in [-0.4, -0.2) is 40.8 Å². The van der Waals surface area contributed by atoms with E-state index in [4.69, 9.17) is 25.6 Å². The van der Waals surface area contributed by atoms with Gasteiger partial charge in [-0.05, 0) is 45.1 Å². The van der Waals surface area contributed by atoms with Gasteiger partial charge in [0.15, 0.2) is 5.15 Å². The molecule has 3 unspecified atom stereocenters. The highest BCUT2D eigenvalue weighted by atomic mass is 35.5. The zero-order chi connectivity index (χ0) is 21.1. The molecule has 3 rings (SSSR count). The number of pyridine rings is 1. The molecule has 1 saturated heterocycles. The summed E-state index contributed by atoms with van der Waals surface area (Å²) >= 11 is 7.72. The van der Waals surface area contributed by atoms with Crippen molar-refractivity contribution in [2.45, 2.75) is 64.9 Å². The van der Waals surface area contributed by atoms with Gasteiger partial charge >= 0.3 is 14.1 Å². The van der Waals surface area contributed by atoms with E-state index >= 15 is 0 Å². The number of rotatable bonds is 8. The molecule has 0 radical (unpaired) electrons. The Balaban J connectivity index is 1.52. The number of esters is 1. The summed E-state index contributed by atoms with van der Waals surface area (Å²) in [5.41, 5.74) is 1.66. The fourth-order valence-corrected chi connectivity index (χ4v) is 5.04. The largest absolute Gasteiger partial charge is 0.613 e. The summed E-state index contributed by atoms with van der Waals surface area (Å²) in [7, 11) is -2.21. The van der Waals surface area contributed by atoms with Crippen molar-refractivity contribution < 1.29 is 23.4 Å². The molecule has 0 aliphatic carbocycles. The van der Waals surface area contributed by atoms with Crippen LogP contribution in [0.3, 0.4) is 0 Å². The molecule has 158 valence electrons. The van der Waals surface area contributed by atoms with Gasteiger partial charge in [0.2, 0.25) is 0 Å². The van der Waals surface area contributed by atoms with Gasteiger partial charge in [-0.15, -0.1) is 15.9 Å². The summed E-state index contributed by atoms with van der Waals surface area (Å²) < 4.78 is 29.6. The molecule has 0 amide bonds. The Labute approximate surface area is 179 Å². The van der Waals surface area contributed by atoms with Gasteiger partial charge in [0.25, 0.3) is 0 Å². The Bertz CT molecular complexity index is 909. The van der Waals surface area contributed by atoms with E-state index in [9.17, 15) is 9.36 Å². The van der Waals surface area contributed by atoms with Crippen LogP contribution in [0.2, 0.25) is 5.15 Å². The van der Waals surface area contributed by atoms with Crippen LogP contribution in [0.1, 0.15) is 50.3 Å². The second kappa shape index (κ2) is 9.73. The van der Waals surface area contributed by atoms with Crippen LogP contribution in [0.5, 0.6) is 0 Å². The lowest BCUT2D eigenvalue weighted by Gasteiger charge is -2.13. The summed E-state index contributed by atoms with van der Waals surface area (Å²) in [5.74, 6) is -0.469. The highest BCUT2D eigenvalue weighted by Crippen LogP contribution is 2.40. The Morgan fingerprint density at radius 2 is 2.21 bits per heavy atom. The first kappa shape index (κ1) is 22.5. The van der Waals surface area contributed by atoms with Gasteiger partial charge in [-0.25, -0.2) is 9.97 Å². The number of thiazole rings is 1. The Morgan fingerprint density at radius 3 is 2.93 bits per heavy atom. The molecule has 4 atom stereocenters. The number of aromatic nitrogens is 2. The zero-order valence-electron chi connectivity index (χ0n) is 16.7. The number of hydrogen-bond acceptors (Lipinski definition) is 8. The first-order chi connectivity index (χ1) is 13.7. The minimum atomic E-state index is -2.21. The summed E-state index contributed by atoms with van der Waals surface area (Å²) in [6, 6.07) is -0.721. The molecular weight excluding hydrogens is 437 g/mol. The van der Waals surface area contributed by atoms with Crippen molar-refractivity contribution in [3.8, 4) is 0 Å². The third kappa shape index (κ3) is 5.69. The number of carbonyl (C=O) groups excluding carboxylic acids is 1. The standard InChI is InChI=1S/C18H24ClN3O5PS/c1-9(2)26-18(23)10(3)22-28(24)25-8-12-5-6-14(27-12)13-7-20-17(19)15-16(13)29-11(4)21-15/h7,9-10,12,14H,5-6,8H2,1-4H3,(H,22,24)/q+1/t10-,12?,14?/m1/s1. The van der Waals surface area contributed by atoms with E-state index in [0.717, 1.165) is 28.1 Å². The number of nitrogens with zero attached hydrogens (tertiary/aromatic N) is 2. The van der Waals surface area contributed by atoms with Crippen molar-refractivity contribution in [1.82, 2.24) is 15.1 Å². The minimum Gasteiger partial charge on any atom is -0.462 e. The maximum absolute atomic E-state index is 12.1. The molecule has 0 saturated carbocycles. The predicted octanol–water partition coefficient (Wildman–Crippen LogP) is 4.48. The van der Waals surface area contributed by atoms with Crippen LogP contribution in [0.4, 0.5) is 0 Å². The van der Waals surface area contributed by atoms with Crippen LogP contribution in [0, 0.1) is 6.92 Å². The fraction of sp³-hybridized carbons (Fsp3) is 0.611. The number of nitrogens with one attached hydrogen (secondary N) is 1. The molecule has 29 heavy (non-hydrogen) atoms. The summed E-state index contributed by atoms with van der Waals surface area (Å²) in [6.45, 7) is 7.19. The predicted molar refractivity (Wildman–Crippen MR) is 111 cm³/mol. The Kier molecular flexibility index (Phi) is 7.53. The van der Waals surface area contributed by atoms with E-state index in [2.05, 4.69) is 15.1 Å². The molecule has 0 bridgehead atoms. The molecule has 8 nitrogen and oxygen atoms in total. The molecular formula is C18H24ClN3O5PS+. The van der Waals surface area contributed by atoms with Crippen LogP contribution in [0.15, 0.2) is 6.20 Å². The van der Waals surface area contributed by atoms with Crippen molar-refractivity contribution in [3.63, 3.8) is 0 Å². The molecule has 2 aromatic rings. The van der Waals surface area contributed by atoms with E-state index in [1.165, 1.54) is 0 Å². The maximum Gasteiger partial charge on any atom is 0.613 e. The fourth-order valence-electron chi connectivity index (χ4n) is 3.03. The molecule has 1 aliphatic rings. The van der Waals surface area contributed by atoms with Crippen molar-refractivity contribution in [2.24, 2.45) is 0 Å². The lowest BCUT2D eigenvalue weighted by Crippen LogP contribution is -2.33. The minimum absolute atomic E-state index is 0.138. The molecule has 1 fully saturated rings. The van der Waals surface area contributed by atoms with Crippen molar-refractivity contribution in [3.05, 3.63) is 21.9 Å². The number of carbonyl (C=O) groups is 1. The second-order valence-corrected chi connectivity index (χ2v) is 9.72. The zero-order valence-corrected chi connectivity index (χ0v) is 19.1. The number of halogens is 1. The number of fused-ring (bicyclic) bond motifs is 1. The topological polar surface area (TPSA) is 99.6 Å². The van der Waals surface area contributed by atoms with Crippen LogP contribution < -0.4 is 5.09 Å². The molecule has 0 aromatic carbocycles. The molecule has 0 spiro atoms. The van der Waals surface area contributed by atoms with Gasteiger partial charge in [-0.3, -0.25) is 4.79 Å². The van der Waals surface area contributed by atoms with E-state index < -0.39 is 20.2 Å². The number of ether oxygens (including phenoxy) is 2. The van der Waals surface area contributed by atoms with Gasteiger partial charge in [0, 0.05) is 11.8 Å². The van der Waals surface area contributed by atoms with E-state index in [1.807, 2.05) is 6.92 Å². The monoisotopic (exact) mass is 460 g/mol. The lowest BCUT2D eigenvalue weighted by molar-refractivity contribution is -0.149. The molecule has 1 aliphatic heterocycles. The first-order valence-corrected chi connectivity index (χ1v) is 11.8. The van der Waals surface area contributed by atoms with Gasteiger partial charge in [-0.2, -0.15) is 0 Å². The number of hydrogen-bond donors (Lipinski definition) is 1. The third-order valence-electron chi connectivity index (χ3n) is 4.35. The van der Waals surface area contributed by atoms with Crippen molar-refractivity contribution in [2.75, 3.05) is 6.61 Å². The Morgan fingerprint density at radius 1 is 1.45 bits per heavy atom.